The normalized spacial score (nSPS) is 10.6. The molecule has 0 saturated heterocycles. The number of nitrogens with zero attached hydrogens (tertiary/aromatic N) is 3. The van der Waals surface area contributed by atoms with Crippen molar-refractivity contribution < 1.29 is 0 Å². The van der Waals surface area contributed by atoms with Crippen LogP contribution in [-0.4, -0.2) is 15.0 Å². The van der Waals surface area contributed by atoms with E-state index in [1.807, 2.05) is 25.3 Å². The minimum absolute atomic E-state index is 0.638. The molecule has 94 valence electrons. The second kappa shape index (κ2) is 5.02. The Morgan fingerprint density at radius 3 is 2.63 bits per heavy atom. The van der Waals surface area contributed by atoms with Crippen LogP contribution in [0.4, 0.5) is 5.95 Å². The number of hydrogen-bond acceptors (Lipinski definition) is 4. The summed E-state index contributed by atoms with van der Waals surface area (Å²) in [6.45, 7) is 2.63. The molecule has 19 heavy (non-hydrogen) atoms. The minimum atomic E-state index is 0.638. The van der Waals surface area contributed by atoms with E-state index in [0.29, 0.717) is 12.5 Å². The summed E-state index contributed by atoms with van der Waals surface area (Å²) in [4.78, 5) is 12.9. The highest BCUT2D eigenvalue weighted by molar-refractivity contribution is 5.81. The summed E-state index contributed by atoms with van der Waals surface area (Å²) >= 11 is 0. The van der Waals surface area contributed by atoms with Crippen molar-refractivity contribution in [2.24, 2.45) is 0 Å². The molecule has 3 rings (SSSR count). The first-order valence-electron chi connectivity index (χ1n) is 6.18. The maximum absolute atomic E-state index is 4.43. The number of aromatic nitrogens is 3. The quantitative estimate of drug-likeness (QED) is 0.776. The van der Waals surface area contributed by atoms with E-state index in [0.717, 1.165) is 22.0 Å². The van der Waals surface area contributed by atoms with Crippen LogP contribution in [0, 0.1) is 6.92 Å². The number of rotatable bonds is 3. The van der Waals surface area contributed by atoms with Gasteiger partial charge in [-0.2, -0.15) is 0 Å². The molecule has 0 atom stereocenters. The molecule has 2 heterocycles. The van der Waals surface area contributed by atoms with E-state index in [4.69, 9.17) is 0 Å². The zero-order chi connectivity index (χ0) is 13.1. The van der Waals surface area contributed by atoms with Crippen molar-refractivity contribution in [1.82, 2.24) is 15.0 Å². The number of para-hydroxylation sites is 1. The van der Waals surface area contributed by atoms with Crippen LogP contribution in [0.1, 0.15) is 11.1 Å². The lowest BCUT2D eigenvalue weighted by Crippen LogP contribution is -2.04. The van der Waals surface area contributed by atoms with Crippen LogP contribution in [0.5, 0.6) is 0 Å². The highest BCUT2D eigenvalue weighted by Gasteiger charge is 2.02. The lowest BCUT2D eigenvalue weighted by atomic mass is 10.1. The molecule has 0 bridgehead atoms. The van der Waals surface area contributed by atoms with Gasteiger partial charge in [0.15, 0.2) is 0 Å². The average molecular weight is 250 g/mol. The summed E-state index contributed by atoms with van der Waals surface area (Å²) in [5, 5.41) is 4.36. The molecule has 3 aromatic rings. The predicted octanol–water partition coefficient (Wildman–Crippen LogP) is 2.95. The molecule has 0 amide bonds. The second-order valence-corrected chi connectivity index (χ2v) is 4.43. The monoisotopic (exact) mass is 250 g/mol. The van der Waals surface area contributed by atoms with E-state index in [9.17, 15) is 0 Å². The maximum atomic E-state index is 4.43. The van der Waals surface area contributed by atoms with Gasteiger partial charge in [-0.25, -0.2) is 9.97 Å². The Bertz CT molecular complexity index is 687. The Labute approximate surface area is 111 Å². The molecule has 0 unspecified atom stereocenters. The third kappa shape index (κ3) is 2.52. The van der Waals surface area contributed by atoms with Gasteiger partial charge in [0.2, 0.25) is 5.95 Å². The van der Waals surface area contributed by atoms with Gasteiger partial charge in [-0.1, -0.05) is 24.3 Å². The topological polar surface area (TPSA) is 50.7 Å². The summed E-state index contributed by atoms with van der Waals surface area (Å²) in [6, 6.07) is 10.2. The zero-order valence-electron chi connectivity index (χ0n) is 10.7. The molecule has 1 N–H and O–H groups in total. The number of pyridine rings is 1. The zero-order valence-corrected chi connectivity index (χ0v) is 10.7. The summed E-state index contributed by atoms with van der Waals surface area (Å²) in [7, 11) is 0. The Kier molecular flexibility index (Phi) is 3.06. The molecule has 2 aromatic heterocycles. The first-order chi connectivity index (χ1) is 9.33. The Morgan fingerprint density at radius 1 is 1.00 bits per heavy atom. The lowest BCUT2D eigenvalue weighted by molar-refractivity contribution is 1.04. The molecule has 0 aliphatic rings. The van der Waals surface area contributed by atoms with Crippen LogP contribution in [0.2, 0.25) is 0 Å². The molecule has 0 fully saturated rings. The standard InChI is InChI=1S/C15H14N4/c1-11-8-17-15(18-9-11)19-10-13-5-2-4-12-6-3-7-16-14(12)13/h2-9H,10H2,1H3,(H,17,18,19). The summed E-state index contributed by atoms with van der Waals surface area (Å²) in [5.41, 5.74) is 3.21. The van der Waals surface area contributed by atoms with Gasteiger partial charge in [0.05, 0.1) is 5.52 Å². The fraction of sp³-hybridized carbons (Fsp3) is 0.133. The summed E-state index contributed by atoms with van der Waals surface area (Å²) in [6.07, 6.45) is 5.42. The van der Waals surface area contributed by atoms with Gasteiger partial charge in [-0.3, -0.25) is 4.98 Å². The van der Waals surface area contributed by atoms with Crippen LogP contribution in [-0.2, 0) is 6.54 Å². The van der Waals surface area contributed by atoms with Crippen molar-refractivity contribution in [2.75, 3.05) is 5.32 Å². The second-order valence-electron chi connectivity index (χ2n) is 4.43. The van der Waals surface area contributed by atoms with Gasteiger partial charge in [0.1, 0.15) is 0 Å². The van der Waals surface area contributed by atoms with Crippen molar-refractivity contribution in [1.29, 1.82) is 0 Å². The number of nitrogens with one attached hydrogen (secondary N) is 1. The number of benzene rings is 1. The minimum Gasteiger partial charge on any atom is -0.350 e. The van der Waals surface area contributed by atoms with E-state index < -0.39 is 0 Å². The first kappa shape index (κ1) is 11.6. The van der Waals surface area contributed by atoms with Gasteiger partial charge >= 0.3 is 0 Å². The van der Waals surface area contributed by atoms with E-state index in [-0.39, 0.29) is 0 Å². The van der Waals surface area contributed by atoms with Crippen molar-refractivity contribution in [3.8, 4) is 0 Å². The number of anilines is 1. The van der Waals surface area contributed by atoms with E-state index in [1.54, 1.807) is 12.4 Å². The fourth-order valence-corrected chi connectivity index (χ4v) is 1.97. The first-order valence-corrected chi connectivity index (χ1v) is 6.18. The lowest BCUT2D eigenvalue weighted by Gasteiger charge is -2.07. The third-order valence-corrected chi connectivity index (χ3v) is 2.93. The number of fused-ring (bicyclic) bond motifs is 1. The average Bonchev–Trinajstić information content (AvgIpc) is 2.47. The van der Waals surface area contributed by atoms with Crippen molar-refractivity contribution in [3.63, 3.8) is 0 Å². The smallest absolute Gasteiger partial charge is 0.222 e. The van der Waals surface area contributed by atoms with Gasteiger partial charge in [0.25, 0.3) is 0 Å². The molecule has 0 aliphatic carbocycles. The van der Waals surface area contributed by atoms with Crippen molar-refractivity contribution in [2.45, 2.75) is 13.5 Å². The van der Waals surface area contributed by atoms with Gasteiger partial charge < -0.3 is 5.32 Å². The van der Waals surface area contributed by atoms with Gasteiger partial charge in [-0.05, 0) is 24.1 Å². The maximum Gasteiger partial charge on any atom is 0.222 e. The van der Waals surface area contributed by atoms with Crippen LogP contribution in [0.15, 0.2) is 48.9 Å². The highest BCUT2D eigenvalue weighted by Crippen LogP contribution is 2.16. The largest absolute Gasteiger partial charge is 0.350 e. The fourth-order valence-electron chi connectivity index (χ4n) is 1.97. The van der Waals surface area contributed by atoms with Crippen molar-refractivity contribution in [3.05, 3.63) is 60.0 Å². The molecule has 1 aromatic carbocycles. The van der Waals surface area contributed by atoms with Crippen molar-refractivity contribution >= 4 is 16.9 Å². The van der Waals surface area contributed by atoms with Gasteiger partial charge in [-0.15, -0.1) is 0 Å². The Hall–Kier alpha value is -2.49. The highest BCUT2D eigenvalue weighted by atomic mass is 15.1. The molecule has 4 heteroatoms. The summed E-state index contributed by atoms with van der Waals surface area (Å²) < 4.78 is 0. The van der Waals surface area contributed by atoms with Gasteiger partial charge in [0, 0.05) is 30.5 Å². The molecule has 0 spiro atoms. The van der Waals surface area contributed by atoms with E-state index in [1.165, 1.54) is 0 Å². The van der Waals surface area contributed by atoms with Crippen LogP contribution in [0.25, 0.3) is 10.9 Å². The molecule has 0 saturated carbocycles. The summed E-state index contributed by atoms with van der Waals surface area (Å²) in [5.74, 6) is 0.638. The number of aryl methyl sites for hydroxylation is 1. The molecule has 0 radical (unpaired) electrons. The van der Waals surface area contributed by atoms with Crippen LogP contribution < -0.4 is 5.32 Å². The van der Waals surface area contributed by atoms with Crippen LogP contribution in [0.3, 0.4) is 0 Å². The molecular formula is C15H14N4. The number of hydrogen-bond donors (Lipinski definition) is 1. The third-order valence-electron chi connectivity index (χ3n) is 2.93. The molecular weight excluding hydrogens is 236 g/mol. The molecule has 0 aliphatic heterocycles. The molecule has 4 nitrogen and oxygen atoms in total. The SMILES string of the molecule is Cc1cnc(NCc2cccc3cccnc23)nc1. The van der Waals surface area contributed by atoms with E-state index >= 15 is 0 Å². The van der Waals surface area contributed by atoms with E-state index in [2.05, 4.69) is 38.5 Å². The Balaban J connectivity index is 1.84. The van der Waals surface area contributed by atoms with Crippen LogP contribution >= 0.6 is 0 Å². The predicted molar refractivity (Wildman–Crippen MR) is 75.8 cm³/mol. The Morgan fingerprint density at radius 2 is 1.79 bits per heavy atom.